The first-order chi connectivity index (χ1) is 13.0. The SMILES string of the molecule is COc1ccc(C[C@H](C)NC(=O)Cc2cccc3nn[nH]c(=O)c23)c(Cl)c1. The number of rotatable bonds is 6. The Morgan fingerprint density at radius 2 is 2.11 bits per heavy atom. The average Bonchev–Trinajstić information content (AvgIpc) is 2.63. The summed E-state index contributed by atoms with van der Waals surface area (Å²) in [6, 6.07) is 10.5. The summed E-state index contributed by atoms with van der Waals surface area (Å²) in [5, 5.41) is 13.6. The fourth-order valence-electron chi connectivity index (χ4n) is 2.96. The predicted molar refractivity (Wildman–Crippen MR) is 103 cm³/mol. The molecule has 0 aliphatic rings. The Morgan fingerprint density at radius 3 is 2.85 bits per heavy atom. The maximum Gasteiger partial charge on any atom is 0.275 e. The van der Waals surface area contributed by atoms with E-state index in [1.807, 2.05) is 19.1 Å². The zero-order valence-corrected chi connectivity index (χ0v) is 15.7. The standard InChI is InChI=1S/C19H19ClN4O3/c1-11(8-12-6-7-14(27-2)10-15(12)20)21-17(25)9-13-4-3-5-16-18(13)19(26)23-24-22-16/h3-7,10-11H,8-9H2,1-2H3,(H,21,25)(H,22,23,26)/t11-/m0/s1. The molecule has 140 valence electrons. The third-order valence-electron chi connectivity index (χ3n) is 4.21. The monoisotopic (exact) mass is 386 g/mol. The van der Waals surface area contributed by atoms with Crippen LogP contribution in [0.2, 0.25) is 5.02 Å². The van der Waals surface area contributed by atoms with E-state index >= 15 is 0 Å². The minimum Gasteiger partial charge on any atom is -0.497 e. The van der Waals surface area contributed by atoms with Gasteiger partial charge in [-0.1, -0.05) is 35.0 Å². The summed E-state index contributed by atoms with van der Waals surface area (Å²) in [7, 11) is 1.58. The van der Waals surface area contributed by atoms with Gasteiger partial charge in [0.25, 0.3) is 5.56 Å². The van der Waals surface area contributed by atoms with Gasteiger partial charge in [0, 0.05) is 11.1 Å². The molecule has 1 amide bonds. The molecule has 0 saturated heterocycles. The fourth-order valence-corrected chi connectivity index (χ4v) is 3.21. The quantitative estimate of drug-likeness (QED) is 0.677. The lowest BCUT2D eigenvalue weighted by atomic mass is 10.0. The van der Waals surface area contributed by atoms with Gasteiger partial charge < -0.3 is 10.1 Å². The number of H-pyrrole nitrogens is 1. The number of fused-ring (bicyclic) bond motifs is 1. The Morgan fingerprint density at radius 1 is 1.30 bits per heavy atom. The molecule has 7 nitrogen and oxygen atoms in total. The normalized spacial score (nSPS) is 12.0. The summed E-state index contributed by atoms with van der Waals surface area (Å²) in [5.41, 5.74) is 1.63. The van der Waals surface area contributed by atoms with Crippen molar-refractivity contribution >= 4 is 28.4 Å². The molecule has 0 unspecified atom stereocenters. The first kappa shape index (κ1) is 18.8. The van der Waals surface area contributed by atoms with Gasteiger partial charge in [0.2, 0.25) is 5.91 Å². The fraction of sp³-hybridized carbons (Fsp3) is 0.263. The van der Waals surface area contributed by atoms with Gasteiger partial charge in [-0.15, -0.1) is 5.10 Å². The van der Waals surface area contributed by atoms with E-state index < -0.39 is 0 Å². The number of aromatic amines is 1. The van der Waals surface area contributed by atoms with Crippen LogP contribution in [0.3, 0.4) is 0 Å². The van der Waals surface area contributed by atoms with Crippen LogP contribution in [0.25, 0.3) is 10.9 Å². The van der Waals surface area contributed by atoms with Gasteiger partial charge in [-0.05, 0) is 42.7 Å². The summed E-state index contributed by atoms with van der Waals surface area (Å²) >= 11 is 6.26. The minimum atomic E-state index is -0.360. The Balaban J connectivity index is 1.69. The number of aromatic nitrogens is 3. The van der Waals surface area contributed by atoms with Crippen molar-refractivity contribution in [3.8, 4) is 5.75 Å². The molecule has 1 aromatic heterocycles. The van der Waals surface area contributed by atoms with Gasteiger partial charge in [-0.3, -0.25) is 9.59 Å². The van der Waals surface area contributed by atoms with Crippen LogP contribution in [0, 0.1) is 0 Å². The van der Waals surface area contributed by atoms with E-state index in [1.54, 1.807) is 31.4 Å². The smallest absolute Gasteiger partial charge is 0.275 e. The van der Waals surface area contributed by atoms with E-state index in [0.29, 0.717) is 33.7 Å². The van der Waals surface area contributed by atoms with Gasteiger partial charge in [0.05, 0.1) is 18.9 Å². The summed E-state index contributed by atoms with van der Waals surface area (Å²) in [6.45, 7) is 1.90. The number of hydrogen-bond donors (Lipinski definition) is 2. The van der Waals surface area contributed by atoms with Crippen LogP contribution in [0.5, 0.6) is 5.75 Å². The van der Waals surface area contributed by atoms with Crippen LogP contribution >= 0.6 is 11.6 Å². The van der Waals surface area contributed by atoms with E-state index in [2.05, 4.69) is 20.7 Å². The molecule has 8 heteroatoms. The van der Waals surface area contributed by atoms with Gasteiger partial charge in [-0.25, -0.2) is 5.10 Å². The van der Waals surface area contributed by atoms with Crippen molar-refractivity contribution < 1.29 is 9.53 Å². The number of carbonyl (C=O) groups excluding carboxylic acids is 1. The third-order valence-corrected chi connectivity index (χ3v) is 4.56. The van der Waals surface area contributed by atoms with Crippen molar-refractivity contribution in [3.63, 3.8) is 0 Å². The lowest BCUT2D eigenvalue weighted by Gasteiger charge is -2.15. The molecule has 0 aliphatic heterocycles. The molecule has 1 atom stereocenters. The molecule has 2 aromatic carbocycles. The number of nitrogens with one attached hydrogen (secondary N) is 2. The van der Waals surface area contributed by atoms with Crippen molar-refractivity contribution in [1.82, 2.24) is 20.7 Å². The molecular weight excluding hydrogens is 368 g/mol. The lowest BCUT2D eigenvalue weighted by molar-refractivity contribution is -0.121. The van der Waals surface area contributed by atoms with Gasteiger partial charge in [-0.2, -0.15) is 0 Å². The van der Waals surface area contributed by atoms with E-state index in [0.717, 1.165) is 5.56 Å². The molecule has 0 radical (unpaired) electrons. The second-order valence-electron chi connectivity index (χ2n) is 6.26. The maximum atomic E-state index is 12.4. The molecule has 27 heavy (non-hydrogen) atoms. The second kappa shape index (κ2) is 8.18. The highest BCUT2D eigenvalue weighted by Crippen LogP contribution is 2.23. The molecule has 1 heterocycles. The van der Waals surface area contributed by atoms with Crippen molar-refractivity contribution in [2.45, 2.75) is 25.8 Å². The van der Waals surface area contributed by atoms with Crippen LogP contribution in [0.15, 0.2) is 41.2 Å². The molecule has 3 rings (SSSR count). The number of benzene rings is 2. The van der Waals surface area contributed by atoms with Gasteiger partial charge >= 0.3 is 0 Å². The van der Waals surface area contributed by atoms with Crippen molar-refractivity contribution in [2.24, 2.45) is 0 Å². The molecule has 0 fully saturated rings. The summed E-state index contributed by atoms with van der Waals surface area (Å²) < 4.78 is 5.14. The highest BCUT2D eigenvalue weighted by Gasteiger charge is 2.14. The Hall–Kier alpha value is -2.93. The molecule has 0 saturated carbocycles. The number of hydrogen-bond acceptors (Lipinski definition) is 5. The second-order valence-corrected chi connectivity index (χ2v) is 6.67. The van der Waals surface area contributed by atoms with E-state index in [1.165, 1.54) is 0 Å². The topological polar surface area (TPSA) is 97.0 Å². The lowest BCUT2D eigenvalue weighted by Crippen LogP contribution is -2.35. The minimum absolute atomic E-state index is 0.0762. The molecule has 0 spiro atoms. The largest absolute Gasteiger partial charge is 0.497 e. The van der Waals surface area contributed by atoms with E-state index in [9.17, 15) is 9.59 Å². The molecule has 0 bridgehead atoms. The zero-order chi connectivity index (χ0) is 19.4. The Labute approximate surface area is 160 Å². The summed E-state index contributed by atoms with van der Waals surface area (Å²) in [6.07, 6.45) is 0.656. The molecule has 0 aliphatic carbocycles. The highest BCUT2D eigenvalue weighted by atomic mass is 35.5. The highest BCUT2D eigenvalue weighted by molar-refractivity contribution is 6.31. The van der Waals surface area contributed by atoms with Crippen LogP contribution in [0.1, 0.15) is 18.1 Å². The van der Waals surface area contributed by atoms with Crippen LogP contribution < -0.4 is 15.6 Å². The predicted octanol–water partition coefficient (Wildman–Crippen LogP) is 2.27. The van der Waals surface area contributed by atoms with E-state index in [-0.39, 0.29) is 23.9 Å². The van der Waals surface area contributed by atoms with Crippen molar-refractivity contribution in [1.29, 1.82) is 0 Å². The molecule has 2 N–H and O–H groups in total. The van der Waals surface area contributed by atoms with Gasteiger partial charge in [0.1, 0.15) is 11.3 Å². The van der Waals surface area contributed by atoms with Crippen molar-refractivity contribution in [3.05, 3.63) is 62.9 Å². The Bertz CT molecular complexity index is 1030. The molecule has 3 aromatic rings. The van der Waals surface area contributed by atoms with Crippen LogP contribution in [0.4, 0.5) is 0 Å². The van der Waals surface area contributed by atoms with Crippen LogP contribution in [-0.2, 0) is 17.6 Å². The number of methoxy groups -OCH3 is 1. The number of carbonyl (C=O) groups is 1. The summed E-state index contributed by atoms with van der Waals surface area (Å²) in [4.78, 5) is 24.5. The van der Waals surface area contributed by atoms with E-state index in [4.69, 9.17) is 16.3 Å². The van der Waals surface area contributed by atoms with Gasteiger partial charge in [0.15, 0.2) is 0 Å². The first-order valence-corrected chi connectivity index (χ1v) is 8.80. The van der Waals surface area contributed by atoms with Crippen molar-refractivity contribution in [2.75, 3.05) is 7.11 Å². The maximum absolute atomic E-state index is 12.4. The number of amides is 1. The first-order valence-electron chi connectivity index (χ1n) is 8.42. The number of ether oxygens (including phenoxy) is 1. The van der Waals surface area contributed by atoms with Crippen LogP contribution in [-0.4, -0.2) is 34.5 Å². The zero-order valence-electron chi connectivity index (χ0n) is 15.0. The average molecular weight is 387 g/mol. The number of halogens is 1. The number of nitrogens with zero attached hydrogens (tertiary/aromatic N) is 2. The summed E-state index contributed by atoms with van der Waals surface area (Å²) in [5.74, 6) is 0.501. The Kier molecular flexibility index (Phi) is 5.71. The third kappa shape index (κ3) is 4.43. The molecular formula is C19H19ClN4O3.